The Labute approximate surface area is 192 Å². The van der Waals surface area contributed by atoms with Crippen molar-refractivity contribution < 1.29 is 18.7 Å². The van der Waals surface area contributed by atoms with E-state index in [1.807, 2.05) is 25.1 Å². The number of anilines is 2. The van der Waals surface area contributed by atoms with Crippen molar-refractivity contribution in [2.45, 2.75) is 19.9 Å². The van der Waals surface area contributed by atoms with Gasteiger partial charge < -0.3 is 15.0 Å². The Hall–Kier alpha value is -3.87. The summed E-state index contributed by atoms with van der Waals surface area (Å²) in [5.41, 5.74) is 2.42. The largest absolute Gasteiger partial charge is 0.492 e. The van der Waals surface area contributed by atoms with Crippen molar-refractivity contribution in [2.75, 3.05) is 29.9 Å². The summed E-state index contributed by atoms with van der Waals surface area (Å²) in [7, 11) is 0. The van der Waals surface area contributed by atoms with Crippen LogP contribution in [0.5, 0.6) is 5.75 Å². The Balaban J connectivity index is 1.50. The first-order valence-corrected chi connectivity index (χ1v) is 11.0. The highest BCUT2D eigenvalue weighted by Gasteiger charge is 2.27. The van der Waals surface area contributed by atoms with E-state index in [2.05, 4.69) is 5.32 Å². The van der Waals surface area contributed by atoms with Crippen LogP contribution in [0, 0.1) is 5.82 Å². The van der Waals surface area contributed by atoms with E-state index in [9.17, 15) is 14.0 Å². The molecule has 0 radical (unpaired) electrons. The number of benzene rings is 3. The molecule has 3 aromatic carbocycles. The zero-order chi connectivity index (χ0) is 23.2. The Morgan fingerprint density at radius 2 is 1.85 bits per heavy atom. The van der Waals surface area contributed by atoms with Crippen LogP contribution >= 0.6 is 0 Å². The zero-order valence-corrected chi connectivity index (χ0v) is 18.5. The molecule has 0 aromatic heterocycles. The molecule has 33 heavy (non-hydrogen) atoms. The van der Waals surface area contributed by atoms with E-state index in [1.54, 1.807) is 52.3 Å². The summed E-state index contributed by atoms with van der Waals surface area (Å²) >= 11 is 0. The van der Waals surface area contributed by atoms with Crippen molar-refractivity contribution in [3.8, 4) is 5.75 Å². The number of hydrogen-bond acceptors (Lipinski definition) is 3. The SMILES string of the molecule is CCOc1ccccc1NC(=O)c1cccc(N2CCCN(Cc3cccc(F)c3)C2=O)c1. The molecule has 0 unspecified atom stereocenters. The molecule has 4 rings (SSSR count). The predicted octanol–water partition coefficient (Wildman–Crippen LogP) is 5.31. The average Bonchev–Trinajstić information content (AvgIpc) is 2.82. The number of nitrogens with one attached hydrogen (secondary N) is 1. The van der Waals surface area contributed by atoms with Gasteiger partial charge in [0.15, 0.2) is 0 Å². The summed E-state index contributed by atoms with van der Waals surface area (Å²) in [5, 5.41) is 2.89. The molecule has 170 valence electrons. The molecule has 7 heteroatoms. The van der Waals surface area contributed by atoms with Gasteiger partial charge in [-0.15, -0.1) is 0 Å². The Bertz CT molecular complexity index is 1150. The van der Waals surface area contributed by atoms with Gasteiger partial charge in [0.25, 0.3) is 5.91 Å². The fourth-order valence-electron chi connectivity index (χ4n) is 3.88. The van der Waals surface area contributed by atoms with Crippen LogP contribution < -0.4 is 15.0 Å². The second-order valence-electron chi connectivity index (χ2n) is 7.77. The molecule has 3 aromatic rings. The average molecular weight is 448 g/mol. The van der Waals surface area contributed by atoms with Gasteiger partial charge in [-0.25, -0.2) is 9.18 Å². The number of nitrogens with zero attached hydrogens (tertiary/aromatic N) is 2. The summed E-state index contributed by atoms with van der Waals surface area (Å²) in [6.45, 7) is 3.86. The van der Waals surface area contributed by atoms with E-state index in [0.717, 1.165) is 12.0 Å². The predicted molar refractivity (Wildman–Crippen MR) is 126 cm³/mol. The number of rotatable bonds is 7. The summed E-state index contributed by atoms with van der Waals surface area (Å²) in [6, 6.07) is 20.4. The number of halogens is 1. The highest BCUT2D eigenvalue weighted by atomic mass is 19.1. The maximum Gasteiger partial charge on any atom is 0.324 e. The van der Waals surface area contributed by atoms with E-state index in [-0.39, 0.29) is 17.8 Å². The van der Waals surface area contributed by atoms with Crippen LogP contribution in [-0.4, -0.2) is 36.5 Å². The van der Waals surface area contributed by atoms with E-state index < -0.39 is 0 Å². The number of ether oxygens (including phenoxy) is 1. The van der Waals surface area contributed by atoms with E-state index in [4.69, 9.17) is 4.74 Å². The highest BCUT2D eigenvalue weighted by molar-refractivity contribution is 6.06. The van der Waals surface area contributed by atoms with Crippen molar-refractivity contribution in [1.29, 1.82) is 0 Å². The van der Waals surface area contributed by atoms with Gasteiger partial charge in [-0.05, 0) is 61.4 Å². The van der Waals surface area contributed by atoms with Gasteiger partial charge in [0, 0.05) is 30.9 Å². The van der Waals surface area contributed by atoms with Crippen molar-refractivity contribution in [2.24, 2.45) is 0 Å². The van der Waals surface area contributed by atoms with Gasteiger partial charge in [-0.3, -0.25) is 9.69 Å². The van der Waals surface area contributed by atoms with E-state index >= 15 is 0 Å². The maximum absolute atomic E-state index is 13.5. The van der Waals surface area contributed by atoms with Gasteiger partial charge >= 0.3 is 6.03 Å². The lowest BCUT2D eigenvalue weighted by atomic mass is 10.1. The fourth-order valence-corrected chi connectivity index (χ4v) is 3.88. The minimum absolute atomic E-state index is 0.162. The van der Waals surface area contributed by atoms with Crippen molar-refractivity contribution in [3.05, 3.63) is 89.7 Å². The third kappa shape index (κ3) is 5.31. The molecule has 1 N–H and O–H groups in total. The molecule has 1 aliphatic rings. The third-order valence-electron chi connectivity index (χ3n) is 5.43. The first kappa shape index (κ1) is 22.3. The third-order valence-corrected chi connectivity index (χ3v) is 5.43. The monoisotopic (exact) mass is 447 g/mol. The lowest BCUT2D eigenvalue weighted by Gasteiger charge is -2.35. The van der Waals surface area contributed by atoms with Gasteiger partial charge in [0.2, 0.25) is 0 Å². The number of carbonyl (C=O) groups is 2. The van der Waals surface area contributed by atoms with Crippen LogP contribution in [-0.2, 0) is 6.54 Å². The quantitative estimate of drug-likeness (QED) is 0.534. The van der Waals surface area contributed by atoms with Gasteiger partial charge in [0.05, 0.1) is 12.3 Å². The topological polar surface area (TPSA) is 61.9 Å². The molecule has 1 heterocycles. The maximum atomic E-state index is 13.5. The van der Waals surface area contributed by atoms with E-state index in [1.165, 1.54) is 12.1 Å². The van der Waals surface area contributed by atoms with Crippen LogP contribution in [0.1, 0.15) is 29.3 Å². The fraction of sp³-hybridized carbons (Fsp3) is 0.231. The number of hydrogen-bond donors (Lipinski definition) is 1. The number of urea groups is 1. The normalized spacial score (nSPS) is 13.7. The molecule has 0 saturated carbocycles. The van der Waals surface area contributed by atoms with E-state index in [0.29, 0.717) is 48.9 Å². The molecule has 0 spiro atoms. The minimum atomic E-state index is -0.321. The molecule has 0 atom stereocenters. The molecule has 1 saturated heterocycles. The lowest BCUT2D eigenvalue weighted by Crippen LogP contribution is -2.49. The number of carbonyl (C=O) groups excluding carboxylic acids is 2. The Kier molecular flexibility index (Phi) is 6.88. The van der Waals surface area contributed by atoms with Crippen molar-refractivity contribution >= 4 is 23.3 Å². The minimum Gasteiger partial charge on any atom is -0.492 e. The molecular formula is C26H26FN3O3. The molecule has 0 bridgehead atoms. The highest BCUT2D eigenvalue weighted by Crippen LogP contribution is 2.26. The van der Waals surface area contributed by atoms with Crippen LogP contribution in [0.25, 0.3) is 0 Å². The molecular weight excluding hydrogens is 421 g/mol. The standard InChI is InChI=1S/C26H26FN3O3/c1-2-33-24-13-4-3-12-23(24)28-25(31)20-9-6-11-22(17-20)30-15-7-14-29(26(30)32)18-19-8-5-10-21(27)16-19/h3-6,8-13,16-17H,2,7,14-15,18H2,1H3,(H,28,31). The van der Waals surface area contributed by atoms with Crippen LogP contribution in [0.3, 0.4) is 0 Å². The second-order valence-corrected chi connectivity index (χ2v) is 7.77. The molecule has 0 aliphatic carbocycles. The van der Waals surface area contributed by atoms with Gasteiger partial charge in [-0.1, -0.05) is 30.3 Å². The summed E-state index contributed by atoms with van der Waals surface area (Å²) in [4.78, 5) is 29.4. The Morgan fingerprint density at radius 3 is 2.67 bits per heavy atom. The number of amides is 3. The van der Waals surface area contributed by atoms with Crippen LogP contribution in [0.4, 0.5) is 20.6 Å². The first-order valence-electron chi connectivity index (χ1n) is 11.0. The summed E-state index contributed by atoms with van der Waals surface area (Å²) in [6.07, 6.45) is 0.777. The second kappa shape index (κ2) is 10.2. The van der Waals surface area contributed by atoms with Gasteiger partial charge in [0.1, 0.15) is 11.6 Å². The molecule has 6 nitrogen and oxygen atoms in total. The first-order chi connectivity index (χ1) is 16.0. The van der Waals surface area contributed by atoms with Crippen molar-refractivity contribution in [3.63, 3.8) is 0 Å². The molecule has 3 amide bonds. The van der Waals surface area contributed by atoms with Crippen molar-refractivity contribution in [1.82, 2.24) is 4.90 Å². The molecule has 1 aliphatic heterocycles. The van der Waals surface area contributed by atoms with Crippen LogP contribution in [0.15, 0.2) is 72.8 Å². The Morgan fingerprint density at radius 1 is 1.03 bits per heavy atom. The summed E-state index contributed by atoms with van der Waals surface area (Å²) < 4.78 is 19.1. The summed E-state index contributed by atoms with van der Waals surface area (Å²) in [5.74, 6) is -0.00720. The molecule has 1 fully saturated rings. The smallest absolute Gasteiger partial charge is 0.324 e. The zero-order valence-electron chi connectivity index (χ0n) is 18.5. The lowest BCUT2D eigenvalue weighted by molar-refractivity contribution is 0.102. The van der Waals surface area contributed by atoms with Gasteiger partial charge in [-0.2, -0.15) is 0 Å². The number of para-hydroxylation sites is 2. The van der Waals surface area contributed by atoms with Crippen LogP contribution in [0.2, 0.25) is 0 Å².